The standard InChI is InChI=1S/C21H19Cl2N/c1-15-10-11-17(13-12-16-6-3-2-4-7-16)14-20(15)24-21-18(22)8-5-9-19(21)23/h2-11,14,24H,12-13H2,1H3. The first-order valence-electron chi connectivity index (χ1n) is 7.98. The van der Waals surface area contributed by atoms with Crippen LogP contribution < -0.4 is 5.32 Å². The summed E-state index contributed by atoms with van der Waals surface area (Å²) in [6.45, 7) is 2.08. The van der Waals surface area contributed by atoms with Crippen LogP contribution >= 0.6 is 23.2 Å². The van der Waals surface area contributed by atoms with E-state index in [9.17, 15) is 0 Å². The molecule has 0 aromatic heterocycles. The summed E-state index contributed by atoms with van der Waals surface area (Å²) >= 11 is 12.5. The van der Waals surface area contributed by atoms with Gasteiger partial charge in [0.1, 0.15) is 0 Å². The van der Waals surface area contributed by atoms with E-state index in [4.69, 9.17) is 23.2 Å². The number of halogens is 2. The van der Waals surface area contributed by atoms with E-state index >= 15 is 0 Å². The molecule has 0 spiro atoms. The van der Waals surface area contributed by atoms with E-state index in [1.54, 1.807) is 0 Å². The summed E-state index contributed by atoms with van der Waals surface area (Å²) in [7, 11) is 0. The zero-order valence-electron chi connectivity index (χ0n) is 13.5. The van der Waals surface area contributed by atoms with Gasteiger partial charge in [-0.1, -0.05) is 71.7 Å². The predicted octanol–water partition coefficient (Wildman–Crippen LogP) is 6.83. The molecule has 122 valence electrons. The predicted molar refractivity (Wildman–Crippen MR) is 105 cm³/mol. The number of aryl methyl sites for hydroxylation is 3. The fourth-order valence-corrected chi connectivity index (χ4v) is 3.14. The molecular formula is C21H19Cl2N. The van der Waals surface area contributed by atoms with Crippen molar-refractivity contribution < 1.29 is 0 Å². The molecule has 0 saturated heterocycles. The lowest BCUT2D eigenvalue weighted by molar-refractivity contribution is 0.960. The van der Waals surface area contributed by atoms with Crippen molar-refractivity contribution in [1.82, 2.24) is 0 Å². The second kappa shape index (κ2) is 7.74. The van der Waals surface area contributed by atoms with Crippen LogP contribution in [0.25, 0.3) is 0 Å². The highest BCUT2D eigenvalue weighted by atomic mass is 35.5. The number of hydrogen-bond donors (Lipinski definition) is 1. The van der Waals surface area contributed by atoms with E-state index in [1.807, 2.05) is 24.3 Å². The van der Waals surface area contributed by atoms with Crippen LogP contribution in [0.1, 0.15) is 16.7 Å². The lowest BCUT2D eigenvalue weighted by Gasteiger charge is -2.14. The molecule has 0 unspecified atom stereocenters. The van der Waals surface area contributed by atoms with Crippen molar-refractivity contribution in [2.75, 3.05) is 5.32 Å². The summed E-state index contributed by atoms with van der Waals surface area (Å²) in [6, 6.07) is 22.5. The molecule has 0 atom stereocenters. The second-order valence-corrected chi connectivity index (χ2v) is 6.67. The van der Waals surface area contributed by atoms with Gasteiger partial charge in [-0.15, -0.1) is 0 Å². The Morgan fingerprint density at radius 1 is 0.750 bits per heavy atom. The largest absolute Gasteiger partial charge is 0.353 e. The molecule has 0 aliphatic heterocycles. The molecule has 3 heteroatoms. The zero-order chi connectivity index (χ0) is 16.9. The third-order valence-electron chi connectivity index (χ3n) is 4.07. The van der Waals surface area contributed by atoms with Crippen LogP contribution in [0.5, 0.6) is 0 Å². The SMILES string of the molecule is Cc1ccc(CCc2ccccc2)cc1Nc1c(Cl)cccc1Cl. The van der Waals surface area contributed by atoms with Gasteiger partial charge >= 0.3 is 0 Å². The Morgan fingerprint density at radius 3 is 2.12 bits per heavy atom. The van der Waals surface area contributed by atoms with Crippen LogP contribution in [0.3, 0.4) is 0 Å². The normalized spacial score (nSPS) is 10.6. The van der Waals surface area contributed by atoms with Crippen LogP contribution in [0.2, 0.25) is 10.0 Å². The highest BCUT2D eigenvalue weighted by molar-refractivity contribution is 6.39. The molecule has 1 N–H and O–H groups in total. The van der Waals surface area contributed by atoms with Crippen molar-refractivity contribution in [3.8, 4) is 0 Å². The maximum atomic E-state index is 6.27. The topological polar surface area (TPSA) is 12.0 Å². The minimum atomic E-state index is 0.622. The van der Waals surface area contributed by atoms with E-state index in [2.05, 4.69) is 54.7 Å². The number of hydrogen-bond acceptors (Lipinski definition) is 1. The summed E-state index contributed by atoms with van der Waals surface area (Å²) < 4.78 is 0. The lowest BCUT2D eigenvalue weighted by Crippen LogP contribution is -1.98. The van der Waals surface area contributed by atoms with Crippen LogP contribution in [0, 0.1) is 6.92 Å². The van der Waals surface area contributed by atoms with Gasteiger partial charge in [0.25, 0.3) is 0 Å². The van der Waals surface area contributed by atoms with E-state index in [1.165, 1.54) is 11.1 Å². The van der Waals surface area contributed by atoms with Gasteiger partial charge in [-0.3, -0.25) is 0 Å². The van der Waals surface area contributed by atoms with Gasteiger partial charge in [-0.25, -0.2) is 0 Å². The van der Waals surface area contributed by atoms with E-state index in [0.29, 0.717) is 10.0 Å². The Morgan fingerprint density at radius 2 is 1.42 bits per heavy atom. The van der Waals surface area contributed by atoms with Crippen LogP contribution in [-0.4, -0.2) is 0 Å². The molecule has 3 aromatic carbocycles. The molecule has 3 rings (SSSR count). The first-order chi connectivity index (χ1) is 11.6. The van der Waals surface area contributed by atoms with Gasteiger partial charge < -0.3 is 5.32 Å². The molecule has 0 amide bonds. The molecule has 0 saturated carbocycles. The smallest absolute Gasteiger partial charge is 0.0762 e. The molecule has 0 radical (unpaired) electrons. The maximum absolute atomic E-state index is 6.27. The molecule has 0 bridgehead atoms. The third kappa shape index (κ3) is 4.11. The molecule has 3 aromatic rings. The summed E-state index contributed by atoms with van der Waals surface area (Å²) in [5, 5.41) is 4.63. The molecule has 24 heavy (non-hydrogen) atoms. The molecule has 0 heterocycles. The fraction of sp³-hybridized carbons (Fsp3) is 0.143. The van der Waals surface area contributed by atoms with Crippen molar-refractivity contribution in [3.05, 3.63) is 93.5 Å². The van der Waals surface area contributed by atoms with E-state index in [-0.39, 0.29) is 0 Å². The van der Waals surface area contributed by atoms with Crippen LogP contribution in [0.4, 0.5) is 11.4 Å². The summed E-state index contributed by atoms with van der Waals surface area (Å²) in [5.74, 6) is 0. The number of para-hydroxylation sites is 1. The third-order valence-corrected chi connectivity index (χ3v) is 4.70. The van der Waals surface area contributed by atoms with Gasteiger partial charge in [-0.2, -0.15) is 0 Å². The summed E-state index contributed by atoms with van der Waals surface area (Å²) in [4.78, 5) is 0. The van der Waals surface area contributed by atoms with Crippen LogP contribution in [-0.2, 0) is 12.8 Å². The first kappa shape index (κ1) is 16.9. The molecule has 0 fully saturated rings. The number of benzene rings is 3. The van der Waals surface area contributed by atoms with Crippen molar-refractivity contribution in [2.45, 2.75) is 19.8 Å². The Bertz CT molecular complexity index is 808. The quantitative estimate of drug-likeness (QED) is 0.528. The maximum Gasteiger partial charge on any atom is 0.0762 e. The Kier molecular flexibility index (Phi) is 5.44. The average molecular weight is 356 g/mol. The van der Waals surface area contributed by atoms with Crippen molar-refractivity contribution >= 4 is 34.6 Å². The second-order valence-electron chi connectivity index (χ2n) is 5.86. The first-order valence-corrected chi connectivity index (χ1v) is 8.73. The van der Waals surface area contributed by atoms with Gasteiger partial charge in [0, 0.05) is 5.69 Å². The minimum Gasteiger partial charge on any atom is -0.353 e. The van der Waals surface area contributed by atoms with Crippen molar-refractivity contribution in [1.29, 1.82) is 0 Å². The highest BCUT2D eigenvalue weighted by Crippen LogP contribution is 2.33. The minimum absolute atomic E-state index is 0.622. The summed E-state index contributed by atoms with van der Waals surface area (Å²) in [5.41, 5.74) is 5.59. The Hall–Kier alpha value is -1.96. The van der Waals surface area contributed by atoms with Gasteiger partial charge in [0.15, 0.2) is 0 Å². The number of anilines is 2. The van der Waals surface area contributed by atoms with Gasteiger partial charge in [-0.05, 0) is 54.7 Å². The van der Waals surface area contributed by atoms with Crippen molar-refractivity contribution in [3.63, 3.8) is 0 Å². The molecule has 0 aliphatic carbocycles. The van der Waals surface area contributed by atoms with E-state index < -0.39 is 0 Å². The zero-order valence-corrected chi connectivity index (χ0v) is 15.0. The summed E-state index contributed by atoms with van der Waals surface area (Å²) in [6.07, 6.45) is 2.02. The van der Waals surface area contributed by atoms with E-state index in [0.717, 1.165) is 29.8 Å². The van der Waals surface area contributed by atoms with Gasteiger partial charge in [0.05, 0.1) is 15.7 Å². The molecular weight excluding hydrogens is 337 g/mol. The monoisotopic (exact) mass is 355 g/mol. The van der Waals surface area contributed by atoms with Crippen molar-refractivity contribution in [2.24, 2.45) is 0 Å². The average Bonchev–Trinajstić information content (AvgIpc) is 2.59. The van der Waals surface area contributed by atoms with Gasteiger partial charge in [0.2, 0.25) is 0 Å². The Labute approximate surface area is 153 Å². The number of rotatable bonds is 5. The fourth-order valence-electron chi connectivity index (χ4n) is 2.64. The molecule has 1 nitrogen and oxygen atoms in total. The lowest BCUT2D eigenvalue weighted by atomic mass is 10.0. The Balaban J connectivity index is 1.79. The number of nitrogens with one attached hydrogen (secondary N) is 1. The molecule has 0 aliphatic rings. The highest BCUT2D eigenvalue weighted by Gasteiger charge is 2.08. The van der Waals surface area contributed by atoms with Crippen LogP contribution in [0.15, 0.2) is 66.7 Å².